The number of halogens is 2. The van der Waals surface area contributed by atoms with Gasteiger partial charge in [-0.2, -0.15) is 5.10 Å². The van der Waals surface area contributed by atoms with Crippen molar-refractivity contribution in [3.8, 4) is 5.69 Å². The number of hydrogen-bond acceptors (Lipinski definition) is 3. The number of benzene rings is 2. The Hall–Kier alpha value is -3.06. The minimum atomic E-state index is -0.996. The van der Waals surface area contributed by atoms with Gasteiger partial charge in [-0.1, -0.05) is 12.1 Å². The van der Waals surface area contributed by atoms with Gasteiger partial charge in [-0.25, -0.2) is 13.5 Å². The number of aliphatic hydroxyl groups is 1. The van der Waals surface area contributed by atoms with Crippen molar-refractivity contribution in [2.45, 2.75) is 26.4 Å². The average Bonchev–Trinajstić information content (AvgIpc) is 2.95. The molecule has 0 fully saturated rings. The Bertz CT molecular complexity index is 984. The Morgan fingerprint density at radius 3 is 2.54 bits per heavy atom. The highest BCUT2D eigenvalue weighted by Gasteiger charge is 2.17. The molecule has 28 heavy (non-hydrogen) atoms. The van der Waals surface area contributed by atoms with Gasteiger partial charge in [0, 0.05) is 17.8 Å². The van der Waals surface area contributed by atoms with Gasteiger partial charge in [0.2, 0.25) is 5.91 Å². The minimum Gasteiger partial charge on any atom is -0.387 e. The first kappa shape index (κ1) is 19.7. The van der Waals surface area contributed by atoms with Gasteiger partial charge in [0.25, 0.3) is 0 Å². The second-order valence-electron chi connectivity index (χ2n) is 6.59. The zero-order chi connectivity index (χ0) is 20.3. The normalized spacial score (nSPS) is 12.0. The van der Waals surface area contributed by atoms with Crippen molar-refractivity contribution in [1.29, 1.82) is 0 Å². The molecule has 0 radical (unpaired) electrons. The fraction of sp³-hybridized carbons (Fsp3) is 0.238. The van der Waals surface area contributed by atoms with Crippen LogP contribution in [0.2, 0.25) is 0 Å². The van der Waals surface area contributed by atoms with Crippen LogP contribution in [0.25, 0.3) is 5.69 Å². The van der Waals surface area contributed by atoms with Gasteiger partial charge >= 0.3 is 0 Å². The van der Waals surface area contributed by atoms with Gasteiger partial charge in [0.1, 0.15) is 11.6 Å². The SMILES string of the molecule is Cc1nn(-c2ccc(F)cc2)c(C)c1CC(=O)NCC(O)c1cccc(F)c1. The van der Waals surface area contributed by atoms with Crippen LogP contribution < -0.4 is 5.32 Å². The summed E-state index contributed by atoms with van der Waals surface area (Å²) in [5.74, 6) is -1.05. The van der Waals surface area contributed by atoms with Gasteiger partial charge in [0.15, 0.2) is 0 Å². The topological polar surface area (TPSA) is 67.2 Å². The smallest absolute Gasteiger partial charge is 0.224 e. The molecular weight excluding hydrogens is 364 g/mol. The second-order valence-corrected chi connectivity index (χ2v) is 6.59. The van der Waals surface area contributed by atoms with Crippen LogP contribution in [0.4, 0.5) is 8.78 Å². The lowest BCUT2D eigenvalue weighted by molar-refractivity contribution is -0.120. The number of nitrogens with zero attached hydrogens (tertiary/aromatic N) is 2. The predicted molar refractivity (Wildman–Crippen MR) is 101 cm³/mol. The van der Waals surface area contributed by atoms with Gasteiger partial charge in [0.05, 0.1) is 23.9 Å². The van der Waals surface area contributed by atoms with E-state index in [0.717, 1.165) is 11.3 Å². The molecular formula is C21H21F2N3O2. The van der Waals surface area contributed by atoms with Crippen LogP contribution >= 0.6 is 0 Å². The van der Waals surface area contributed by atoms with E-state index in [1.807, 2.05) is 6.92 Å². The first-order valence-corrected chi connectivity index (χ1v) is 8.86. The lowest BCUT2D eigenvalue weighted by Gasteiger charge is -2.12. The Morgan fingerprint density at radius 2 is 1.86 bits per heavy atom. The fourth-order valence-corrected chi connectivity index (χ4v) is 3.03. The van der Waals surface area contributed by atoms with E-state index in [9.17, 15) is 18.7 Å². The van der Waals surface area contributed by atoms with Gasteiger partial charge in [-0.3, -0.25) is 4.79 Å². The van der Waals surface area contributed by atoms with E-state index in [2.05, 4.69) is 10.4 Å². The number of carbonyl (C=O) groups is 1. The van der Waals surface area contributed by atoms with Crippen molar-refractivity contribution in [3.63, 3.8) is 0 Å². The predicted octanol–water partition coefficient (Wildman–Crippen LogP) is 3.16. The average molecular weight is 385 g/mol. The molecule has 1 heterocycles. The summed E-state index contributed by atoms with van der Waals surface area (Å²) in [6, 6.07) is 11.6. The van der Waals surface area contributed by atoms with E-state index in [1.54, 1.807) is 29.8 Å². The summed E-state index contributed by atoms with van der Waals surface area (Å²) in [4.78, 5) is 12.3. The van der Waals surface area contributed by atoms with Crippen molar-refractivity contribution >= 4 is 5.91 Å². The maximum absolute atomic E-state index is 13.2. The summed E-state index contributed by atoms with van der Waals surface area (Å²) in [5.41, 5.74) is 3.35. The van der Waals surface area contributed by atoms with Crippen LogP contribution in [-0.4, -0.2) is 27.3 Å². The van der Waals surface area contributed by atoms with Crippen molar-refractivity contribution in [2.75, 3.05) is 6.54 Å². The highest BCUT2D eigenvalue weighted by molar-refractivity contribution is 5.79. The summed E-state index contributed by atoms with van der Waals surface area (Å²) in [6.07, 6.45) is -0.905. The standard InChI is InChI=1S/C21H21F2N3O2/c1-13-19(14(2)26(25-13)18-8-6-16(22)7-9-18)11-21(28)24-12-20(27)15-4-3-5-17(23)10-15/h3-10,20,27H,11-12H2,1-2H3,(H,24,28). The molecule has 0 spiro atoms. The fourth-order valence-electron chi connectivity index (χ4n) is 3.03. The number of nitrogens with one attached hydrogen (secondary N) is 1. The third kappa shape index (κ3) is 4.43. The number of aliphatic hydroxyl groups excluding tert-OH is 1. The van der Waals surface area contributed by atoms with E-state index >= 15 is 0 Å². The van der Waals surface area contributed by atoms with E-state index in [1.165, 1.54) is 30.3 Å². The molecule has 2 aromatic carbocycles. The molecule has 1 aromatic heterocycles. The molecule has 7 heteroatoms. The van der Waals surface area contributed by atoms with E-state index in [4.69, 9.17) is 0 Å². The first-order chi connectivity index (χ1) is 13.3. The Labute approximate surface area is 161 Å². The summed E-state index contributed by atoms with van der Waals surface area (Å²) >= 11 is 0. The molecule has 2 N–H and O–H groups in total. The van der Waals surface area contributed by atoms with Crippen molar-refractivity contribution in [1.82, 2.24) is 15.1 Å². The molecule has 0 aliphatic heterocycles. The number of amides is 1. The van der Waals surface area contributed by atoms with Crippen LogP contribution in [0.3, 0.4) is 0 Å². The zero-order valence-electron chi connectivity index (χ0n) is 15.6. The van der Waals surface area contributed by atoms with E-state index in [-0.39, 0.29) is 24.7 Å². The van der Waals surface area contributed by atoms with E-state index in [0.29, 0.717) is 16.9 Å². The highest BCUT2D eigenvalue weighted by atomic mass is 19.1. The Kier molecular flexibility index (Phi) is 5.84. The number of aryl methyl sites for hydroxylation is 1. The lowest BCUT2D eigenvalue weighted by Crippen LogP contribution is -2.30. The molecule has 0 aliphatic carbocycles. The monoisotopic (exact) mass is 385 g/mol. The molecule has 1 amide bonds. The molecule has 1 unspecified atom stereocenters. The summed E-state index contributed by atoms with van der Waals surface area (Å²) in [5, 5.41) is 17.2. The lowest BCUT2D eigenvalue weighted by atomic mass is 10.1. The maximum Gasteiger partial charge on any atom is 0.224 e. The van der Waals surface area contributed by atoms with Crippen molar-refractivity contribution in [2.24, 2.45) is 0 Å². The second kappa shape index (κ2) is 8.31. The van der Waals surface area contributed by atoms with Gasteiger partial charge < -0.3 is 10.4 Å². The van der Waals surface area contributed by atoms with Crippen molar-refractivity contribution in [3.05, 3.63) is 82.7 Å². The molecule has 0 aliphatic rings. The molecule has 3 rings (SSSR count). The molecule has 5 nitrogen and oxygen atoms in total. The number of hydrogen-bond donors (Lipinski definition) is 2. The molecule has 0 saturated carbocycles. The molecule has 1 atom stereocenters. The number of aromatic nitrogens is 2. The van der Waals surface area contributed by atoms with Crippen LogP contribution in [0.5, 0.6) is 0 Å². The number of carbonyl (C=O) groups excluding carboxylic acids is 1. The Balaban J connectivity index is 1.66. The Morgan fingerprint density at radius 1 is 1.14 bits per heavy atom. The van der Waals surface area contributed by atoms with Crippen LogP contribution in [-0.2, 0) is 11.2 Å². The van der Waals surface area contributed by atoms with Crippen molar-refractivity contribution < 1.29 is 18.7 Å². The quantitative estimate of drug-likeness (QED) is 0.685. The third-order valence-corrected chi connectivity index (χ3v) is 4.58. The summed E-state index contributed by atoms with van der Waals surface area (Å²) < 4.78 is 28.0. The summed E-state index contributed by atoms with van der Waals surface area (Å²) in [6.45, 7) is 3.62. The van der Waals surface area contributed by atoms with E-state index < -0.39 is 11.9 Å². The molecule has 0 bridgehead atoms. The minimum absolute atomic E-state index is 0.0213. The summed E-state index contributed by atoms with van der Waals surface area (Å²) in [7, 11) is 0. The first-order valence-electron chi connectivity index (χ1n) is 8.86. The largest absolute Gasteiger partial charge is 0.387 e. The van der Waals surface area contributed by atoms with Gasteiger partial charge in [-0.05, 0) is 55.8 Å². The third-order valence-electron chi connectivity index (χ3n) is 4.58. The van der Waals surface area contributed by atoms with Crippen LogP contribution in [0.15, 0.2) is 48.5 Å². The molecule has 0 saturated heterocycles. The number of rotatable bonds is 6. The zero-order valence-corrected chi connectivity index (χ0v) is 15.6. The van der Waals surface area contributed by atoms with Crippen LogP contribution in [0, 0.1) is 25.5 Å². The van der Waals surface area contributed by atoms with Gasteiger partial charge in [-0.15, -0.1) is 0 Å². The molecule has 146 valence electrons. The maximum atomic E-state index is 13.2. The van der Waals surface area contributed by atoms with Crippen LogP contribution in [0.1, 0.15) is 28.6 Å². The highest BCUT2D eigenvalue weighted by Crippen LogP contribution is 2.19. The molecule has 3 aromatic rings.